The molecule has 0 amide bonds. The standard InChI is InChI=1S/C20H21F2N3O2S/c1-27-14-5-7-15(8-6-14)28(26)25-13-16(20(21)22)19-17(3-2-4-18(19)25)24-11-9-23-10-12-24/h2-8,13,20,23H,9-12H2,1H3. The van der Waals surface area contributed by atoms with Crippen molar-refractivity contribution in [3.05, 3.63) is 54.2 Å². The summed E-state index contributed by atoms with van der Waals surface area (Å²) in [5.74, 6) is 0.646. The van der Waals surface area contributed by atoms with Crippen molar-refractivity contribution < 1.29 is 18.1 Å². The Bertz CT molecular complexity index is 956. The van der Waals surface area contributed by atoms with Gasteiger partial charge in [-0.15, -0.1) is 0 Å². The molecule has 0 aliphatic carbocycles. The summed E-state index contributed by atoms with van der Waals surface area (Å²) in [5, 5.41) is 3.74. The van der Waals surface area contributed by atoms with Gasteiger partial charge in [-0.3, -0.25) is 0 Å². The van der Waals surface area contributed by atoms with E-state index in [4.69, 9.17) is 4.74 Å². The molecule has 1 fully saturated rings. The Morgan fingerprint density at radius 3 is 2.46 bits per heavy atom. The van der Waals surface area contributed by atoms with Gasteiger partial charge in [0.2, 0.25) is 0 Å². The normalized spacial score (nSPS) is 16.0. The molecule has 8 heteroatoms. The molecule has 1 saturated heterocycles. The number of aromatic nitrogens is 1. The summed E-state index contributed by atoms with van der Waals surface area (Å²) in [6.07, 6.45) is -1.33. The van der Waals surface area contributed by atoms with Crippen LogP contribution in [0, 0.1) is 0 Å². The third-order valence-corrected chi connectivity index (χ3v) is 6.27. The minimum absolute atomic E-state index is 0.0917. The zero-order valence-corrected chi connectivity index (χ0v) is 16.2. The predicted octanol–water partition coefficient (Wildman–Crippen LogP) is 3.57. The summed E-state index contributed by atoms with van der Waals surface area (Å²) in [4.78, 5) is 2.62. The molecule has 1 aliphatic heterocycles. The molecule has 2 heterocycles. The van der Waals surface area contributed by atoms with Crippen molar-refractivity contribution in [1.29, 1.82) is 0 Å². The number of halogens is 2. The second kappa shape index (κ2) is 7.98. The summed E-state index contributed by atoms with van der Waals surface area (Å²) in [6.45, 7) is 3.10. The molecule has 1 aliphatic rings. The number of nitrogens with zero attached hydrogens (tertiary/aromatic N) is 2. The van der Waals surface area contributed by atoms with E-state index < -0.39 is 17.8 Å². The first kappa shape index (κ1) is 19.0. The van der Waals surface area contributed by atoms with Gasteiger partial charge in [0, 0.05) is 37.3 Å². The monoisotopic (exact) mass is 405 g/mol. The molecule has 0 spiro atoms. The average Bonchev–Trinajstić information content (AvgIpc) is 3.14. The number of hydrogen-bond acceptors (Lipinski definition) is 4. The van der Waals surface area contributed by atoms with E-state index in [2.05, 4.69) is 10.2 Å². The predicted molar refractivity (Wildman–Crippen MR) is 107 cm³/mol. The number of nitrogens with one attached hydrogen (secondary N) is 1. The number of hydrogen-bond donors (Lipinski definition) is 1. The van der Waals surface area contributed by atoms with E-state index in [1.807, 2.05) is 12.1 Å². The fourth-order valence-corrected chi connectivity index (χ4v) is 4.68. The second-order valence-corrected chi connectivity index (χ2v) is 7.91. The van der Waals surface area contributed by atoms with Gasteiger partial charge in [-0.25, -0.2) is 8.78 Å². The van der Waals surface area contributed by atoms with Gasteiger partial charge in [0.05, 0.1) is 18.9 Å². The number of rotatable bonds is 5. The molecule has 5 nitrogen and oxygen atoms in total. The molecule has 1 N–H and O–H groups in total. The Labute approximate surface area is 165 Å². The van der Waals surface area contributed by atoms with Crippen LogP contribution in [0.15, 0.2) is 53.6 Å². The van der Waals surface area contributed by atoms with Crippen LogP contribution in [-0.2, 0) is 11.4 Å². The second-order valence-electron chi connectivity index (χ2n) is 6.54. The van der Waals surface area contributed by atoms with Crippen LogP contribution in [0.3, 0.4) is 0 Å². The molecule has 3 aromatic rings. The molecular weight excluding hydrogens is 384 g/mol. The number of alkyl halides is 2. The smallest absolute Gasteiger partial charge is 0.266 e. The van der Waals surface area contributed by atoms with Gasteiger partial charge in [0.15, 0.2) is 4.90 Å². The van der Waals surface area contributed by atoms with Gasteiger partial charge in [-0.2, -0.15) is 3.97 Å². The quantitative estimate of drug-likeness (QED) is 0.660. The minimum atomic E-state index is -2.65. The highest BCUT2D eigenvalue weighted by Gasteiger charge is 2.27. The molecule has 28 heavy (non-hydrogen) atoms. The first-order valence-electron chi connectivity index (χ1n) is 9.04. The van der Waals surface area contributed by atoms with Crippen molar-refractivity contribution >= 4 is 28.0 Å². The fourth-order valence-electron chi connectivity index (χ4n) is 3.55. The lowest BCUT2D eigenvalue weighted by Gasteiger charge is -2.30. The molecule has 2 aromatic carbocycles. The molecule has 1 aromatic heterocycles. The Kier molecular flexibility index (Phi) is 5.43. The highest BCUT2D eigenvalue weighted by molar-refractivity contribution is 7.90. The van der Waals surface area contributed by atoms with Crippen molar-refractivity contribution in [2.45, 2.75) is 11.3 Å². The van der Waals surface area contributed by atoms with Crippen molar-refractivity contribution in [2.75, 3.05) is 38.2 Å². The van der Waals surface area contributed by atoms with Crippen LogP contribution in [0.1, 0.15) is 12.0 Å². The van der Waals surface area contributed by atoms with E-state index in [0.29, 0.717) is 21.5 Å². The van der Waals surface area contributed by atoms with Crippen LogP contribution in [0.5, 0.6) is 5.75 Å². The Hall–Kier alpha value is -2.29. The van der Waals surface area contributed by atoms with E-state index >= 15 is 0 Å². The van der Waals surface area contributed by atoms with Crippen LogP contribution < -0.4 is 15.0 Å². The van der Waals surface area contributed by atoms with Gasteiger partial charge in [-0.1, -0.05) is 6.07 Å². The van der Waals surface area contributed by atoms with E-state index in [-0.39, 0.29) is 5.56 Å². The lowest BCUT2D eigenvalue weighted by molar-refractivity contribution is 0.153. The summed E-state index contributed by atoms with van der Waals surface area (Å²) in [7, 11) is 1.55. The van der Waals surface area contributed by atoms with Crippen LogP contribution >= 0.6 is 0 Å². The minimum Gasteiger partial charge on any atom is -0.587 e. The van der Waals surface area contributed by atoms with Crippen LogP contribution in [0.2, 0.25) is 0 Å². The van der Waals surface area contributed by atoms with E-state index in [1.54, 1.807) is 37.4 Å². The average molecular weight is 405 g/mol. The molecule has 148 valence electrons. The molecule has 0 bridgehead atoms. The van der Waals surface area contributed by atoms with Crippen LogP contribution in [0.4, 0.5) is 14.5 Å². The van der Waals surface area contributed by atoms with Gasteiger partial charge in [0.25, 0.3) is 6.43 Å². The third-order valence-electron chi connectivity index (χ3n) is 4.94. The SMILES string of the molecule is COc1ccc([S+]([O-])n2cc(C(F)F)c3c(N4CCNCC4)cccc32)cc1. The first-order valence-corrected chi connectivity index (χ1v) is 10.1. The highest BCUT2D eigenvalue weighted by Crippen LogP contribution is 2.38. The van der Waals surface area contributed by atoms with Crippen LogP contribution in [-0.4, -0.2) is 41.8 Å². The zero-order chi connectivity index (χ0) is 19.7. The largest absolute Gasteiger partial charge is 0.587 e. The lowest BCUT2D eigenvalue weighted by Crippen LogP contribution is -2.43. The third kappa shape index (κ3) is 3.43. The van der Waals surface area contributed by atoms with Crippen molar-refractivity contribution in [1.82, 2.24) is 9.29 Å². The van der Waals surface area contributed by atoms with E-state index in [0.717, 1.165) is 31.9 Å². The van der Waals surface area contributed by atoms with Crippen molar-refractivity contribution in [3.63, 3.8) is 0 Å². The summed E-state index contributed by atoms with van der Waals surface area (Å²) >= 11 is -1.64. The molecule has 4 rings (SSSR count). The molecule has 1 atom stereocenters. The van der Waals surface area contributed by atoms with Gasteiger partial charge in [-0.05, 0) is 36.4 Å². The molecule has 1 unspecified atom stereocenters. The maximum absolute atomic E-state index is 13.9. The summed E-state index contributed by atoms with van der Waals surface area (Å²) < 4.78 is 47.4. The Morgan fingerprint density at radius 2 is 1.82 bits per heavy atom. The summed E-state index contributed by atoms with van der Waals surface area (Å²) in [5.41, 5.74) is 1.21. The maximum Gasteiger partial charge on any atom is 0.266 e. The Balaban J connectivity index is 1.82. The topological polar surface area (TPSA) is 52.5 Å². The fraction of sp³-hybridized carbons (Fsp3) is 0.300. The van der Waals surface area contributed by atoms with Gasteiger partial charge in [0.1, 0.15) is 22.6 Å². The zero-order valence-electron chi connectivity index (χ0n) is 15.4. The highest BCUT2D eigenvalue weighted by atomic mass is 32.2. The Morgan fingerprint density at radius 1 is 1.11 bits per heavy atom. The lowest BCUT2D eigenvalue weighted by atomic mass is 10.1. The molecular formula is C20H21F2N3O2S. The summed E-state index contributed by atoms with van der Waals surface area (Å²) in [6, 6.07) is 12.2. The molecule has 0 saturated carbocycles. The number of ether oxygens (including phenoxy) is 1. The number of methoxy groups -OCH3 is 1. The number of fused-ring (bicyclic) bond motifs is 1. The first-order chi connectivity index (χ1) is 13.6. The van der Waals surface area contributed by atoms with E-state index in [9.17, 15) is 13.3 Å². The van der Waals surface area contributed by atoms with Gasteiger partial charge >= 0.3 is 0 Å². The number of benzene rings is 2. The molecule has 0 radical (unpaired) electrons. The van der Waals surface area contributed by atoms with Crippen molar-refractivity contribution in [2.24, 2.45) is 0 Å². The van der Waals surface area contributed by atoms with E-state index in [1.165, 1.54) is 10.2 Å². The van der Waals surface area contributed by atoms with Gasteiger partial charge < -0.3 is 19.5 Å². The van der Waals surface area contributed by atoms with Crippen molar-refractivity contribution in [3.8, 4) is 5.75 Å². The van der Waals surface area contributed by atoms with Crippen LogP contribution in [0.25, 0.3) is 10.9 Å². The maximum atomic E-state index is 13.9. The number of anilines is 1. The number of piperazine rings is 1.